The zero-order valence-electron chi connectivity index (χ0n) is 10.9. The first kappa shape index (κ1) is 11.5. The molecule has 94 valence electrons. The van der Waals surface area contributed by atoms with Crippen molar-refractivity contribution in [3.8, 4) is 0 Å². The van der Waals surface area contributed by atoms with E-state index in [4.69, 9.17) is 4.42 Å². The first-order valence-electron chi connectivity index (χ1n) is 6.42. The highest BCUT2D eigenvalue weighted by Gasteiger charge is 2.26. The van der Waals surface area contributed by atoms with Crippen LogP contribution in [0.2, 0.25) is 0 Å². The van der Waals surface area contributed by atoms with E-state index in [2.05, 4.69) is 41.2 Å². The first-order chi connectivity index (χ1) is 8.75. The first-order valence-corrected chi connectivity index (χ1v) is 6.42. The predicted octanol–water partition coefficient (Wildman–Crippen LogP) is 3.10. The summed E-state index contributed by atoms with van der Waals surface area (Å²) in [5.74, 6) is 0.974. The van der Waals surface area contributed by atoms with Gasteiger partial charge in [-0.3, -0.25) is 4.90 Å². The number of hydrogen-bond acceptors (Lipinski definition) is 3. The normalized spacial score (nSPS) is 18.3. The summed E-state index contributed by atoms with van der Waals surface area (Å²) in [5.41, 5.74) is 3.95. The minimum atomic E-state index is 0.505. The molecule has 2 aromatic rings. The molecule has 1 atom stereocenters. The average Bonchev–Trinajstić information content (AvgIpc) is 2.96. The second-order valence-electron chi connectivity index (χ2n) is 5.03. The molecule has 1 aromatic heterocycles. The van der Waals surface area contributed by atoms with E-state index >= 15 is 0 Å². The molecule has 0 amide bonds. The van der Waals surface area contributed by atoms with Crippen molar-refractivity contribution in [2.24, 2.45) is 0 Å². The van der Waals surface area contributed by atoms with Crippen molar-refractivity contribution in [3.63, 3.8) is 0 Å². The van der Waals surface area contributed by atoms with E-state index < -0.39 is 0 Å². The van der Waals surface area contributed by atoms with Crippen molar-refractivity contribution in [3.05, 3.63) is 53.2 Å². The second kappa shape index (κ2) is 4.58. The lowest BCUT2D eigenvalue weighted by molar-refractivity contribution is 0.217. The van der Waals surface area contributed by atoms with Gasteiger partial charge in [-0.15, -0.1) is 0 Å². The van der Waals surface area contributed by atoms with Crippen molar-refractivity contribution < 1.29 is 4.42 Å². The molecule has 0 fully saturated rings. The zero-order chi connectivity index (χ0) is 12.5. The minimum absolute atomic E-state index is 0.505. The van der Waals surface area contributed by atoms with Crippen LogP contribution < -0.4 is 0 Å². The van der Waals surface area contributed by atoms with Crippen molar-refractivity contribution >= 4 is 0 Å². The smallest absolute Gasteiger partial charge is 0.181 e. The molecule has 1 heterocycles. The molecular weight excluding hydrogens is 224 g/mol. The summed E-state index contributed by atoms with van der Waals surface area (Å²) in [6.45, 7) is 2.82. The molecule has 3 rings (SSSR count). The van der Waals surface area contributed by atoms with Gasteiger partial charge < -0.3 is 4.42 Å². The molecule has 0 aliphatic heterocycles. The average molecular weight is 242 g/mol. The quantitative estimate of drug-likeness (QED) is 0.828. The molecule has 0 saturated heterocycles. The standard InChI is InChI=1S/C15H18N2O/c1-11-15(18-10-16-11)9-17(2)14-8-7-12-5-3-4-6-13(12)14/h3-6,10,14H,7-9H2,1-2H3. The molecule has 18 heavy (non-hydrogen) atoms. The van der Waals surface area contributed by atoms with Gasteiger partial charge in [-0.25, -0.2) is 4.98 Å². The summed E-state index contributed by atoms with van der Waals surface area (Å²) in [6.07, 6.45) is 3.91. The summed E-state index contributed by atoms with van der Waals surface area (Å²) in [6, 6.07) is 9.25. The molecule has 1 aromatic carbocycles. The van der Waals surface area contributed by atoms with Gasteiger partial charge in [0.15, 0.2) is 6.39 Å². The summed E-state index contributed by atoms with van der Waals surface area (Å²) in [7, 11) is 2.16. The van der Waals surface area contributed by atoms with Crippen LogP contribution in [0.1, 0.15) is 35.0 Å². The van der Waals surface area contributed by atoms with Crippen LogP contribution >= 0.6 is 0 Å². The lowest BCUT2D eigenvalue weighted by Gasteiger charge is -2.24. The van der Waals surface area contributed by atoms with Gasteiger partial charge in [-0.1, -0.05) is 24.3 Å². The Morgan fingerprint density at radius 2 is 2.22 bits per heavy atom. The molecule has 1 aliphatic rings. The van der Waals surface area contributed by atoms with Gasteiger partial charge in [-0.2, -0.15) is 0 Å². The summed E-state index contributed by atoms with van der Waals surface area (Å²) in [5, 5.41) is 0. The monoisotopic (exact) mass is 242 g/mol. The van der Waals surface area contributed by atoms with Crippen LogP contribution in [-0.2, 0) is 13.0 Å². The molecule has 0 bridgehead atoms. The van der Waals surface area contributed by atoms with E-state index in [0.29, 0.717) is 6.04 Å². The molecule has 1 unspecified atom stereocenters. The Labute approximate surface area is 107 Å². The number of aromatic nitrogens is 1. The molecule has 0 N–H and O–H groups in total. The number of aryl methyl sites for hydroxylation is 2. The lowest BCUT2D eigenvalue weighted by atomic mass is 10.1. The Morgan fingerprint density at radius 1 is 1.39 bits per heavy atom. The van der Waals surface area contributed by atoms with Crippen LogP contribution in [0.3, 0.4) is 0 Å². The number of oxazole rings is 1. The van der Waals surface area contributed by atoms with Gasteiger partial charge in [0.05, 0.1) is 12.2 Å². The van der Waals surface area contributed by atoms with Crippen molar-refractivity contribution in [1.29, 1.82) is 0 Å². The zero-order valence-corrected chi connectivity index (χ0v) is 10.9. The largest absolute Gasteiger partial charge is 0.447 e. The Balaban J connectivity index is 1.79. The van der Waals surface area contributed by atoms with E-state index in [9.17, 15) is 0 Å². The van der Waals surface area contributed by atoms with Crippen LogP contribution in [0.25, 0.3) is 0 Å². The maximum absolute atomic E-state index is 5.43. The van der Waals surface area contributed by atoms with Gasteiger partial charge in [0.2, 0.25) is 0 Å². The van der Waals surface area contributed by atoms with E-state index in [-0.39, 0.29) is 0 Å². The van der Waals surface area contributed by atoms with Crippen LogP contribution in [0, 0.1) is 6.92 Å². The highest BCUT2D eigenvalue weighted by atomic mass is 16.3. The number of fused-ring (bicyclic) bond motifs is 1. The molecule has 3 heteroatoms. The van der Waals surface area contributed by atoms with E-state index in [1.54, 1.807) is 0 Å². The fraction of sp³-hybridized carbons (Fsp3) is 0.400. The molecular formula is C15H18N2O. The Hall–Kier alpha value is -1.61. The number of hydrogen-bond donors (Lipinski definition) is 0. The van der Waals surface area contributed by atoms with Gasteiger partial charge in [0, 0.05) is 6.04 Å². The third-order valence-electron chi connectivity index (χ3n) is 3.87. The fourth-order valence-corrected chi connectivity index (χ4v) is 2.81. The van der Waals surface area contributed by atoms with Crippen LogP contribution in [0.4, 0.5) is 0 Å². The molecule has 1 aliphatic carbocycles. The highest BCUT2D eigenvalue weighted by molar-refractivity contribution is 5.34. The molecule has 0 spiro atoms. The van der Waals surface area contributed by atoms with E-state index in [1.807, 2.05) is 6.92 Å². The van der Waals surface area contributed by atoms with E-state index in [1.165, 1.54) is 30.4 Å². The van der Waals surface area contributed by atoms with E-state index in [0.717, 1.165) is 18.0 Å². The van der Waals surface area contributed by atoms with Crippen LogP contribution in [0.5, 0.6) is 0 Å². The van der Waals surface area contributed by atoms with Crippen molar-refractivity contribution in [2.45, 2.75) is 32.4 Å². The molecule has 3 nitrogen and oxygen atoms in total. The Morgan fingerprint density at radius 3 is 3.00 bits per heavy atom. The van der Waals surface area contributed by atoms with Gasteiger partial charge in [0.1, 0.15) is 5.76 Å². The lowest BCUT2D eigenvalue weighted by Crippen LogP contribution is -2.22. The SMILES string of the molecule is Cc1ncoc1CN(C)C1CCc2ccccc21. The maximum atomic E-state index is 5.43. The third kappa shape index (κ3) is 1.95. The number of rotatable bonds is 3. The van der Waals surface area contributed by atoms with Crippen molar-refractivity contribution in [2.75, 3.05) is 7.05 Å². The topological polar surface area (TPSA) is 29.3 Å². The van der Waals surface area contributed by atoms with Gasteiger partial charge in [0.25, 0.3) is 0 Å². The maximum Gasteiger partial charge on any atom is 0.181 e. The number of benzene rings is 1. The highest BCUT2D eigenvalue weighted by Crippen LogP contribution is 2.35. The number of nitrogens with zero attached hydrogens (tertiary/aromatic N) is 2. The Bertz CT molecular complexity index is 547. The second-order valence-corrected chi connectivity index (χ2v) is 5.03. The predicted molar refractivity (Wildman–Crippen MR) is 70.2 cm³/mol. The fourth-order valence-electron chi connectivity index (χ4n) is 2.81. The minimum Gasteiger partial charge on any atom is -0.447 e. The van der Waals surface area contributed by atoms with Crippen molar-refractivity contribution in [1.82, 2.24) is 9.88 Å². The third-order valence-corrected chi connectivity index (χ3v) is 3.87. The molecule has 0 radical (unpaired) electrons. The molecule has 0 saturated carbocycles. The summed E-state index contributed by atoms with van der Waals surface area (Å²) < 4.78 is 5.43. The summed E-state index contributed by atoms with van der Waals surface area (Å²) >= 11 is 0. The Kier molecular flexibility index (Phi) is 2.92. The van der Waals surface area contributed by atoms with Gasteiger partial charge >= 0.3 is 0 Å². The van der Waals surface area contributed by atoms with Gasteiger partial charge in [-0.05, 0) is 37.9 Å². The summed E-state index contributed by atoms with van der Waals surface area (Å²) in [4.78, 5) is 6.51. The van der Waals surface area contributed by atoms with Crippen LogP contribution in [0.15, 0.2) is 35.1 Å². The van der Waals surface area contributed by atoms with Crippen LogP contribution in [-0.4, -0.2) is 16.9 Å².